The number of pyridine rings is 1. The van der Waals surface area contributed by atoms with E-state index in [0.717, 1.165) is 0 Å². The summed E-state index contributed by atoms with van der Waals surface area (Å²) in [5, 5.41) is 10.5. The maximum absolute atomic E-state index is 12.5. The average molecular weight is 309 g/mol. The van der Waals surface area contributed by atoms with E-state index in [1.54, 1.807) is 54.3 Å². The Hall–Kier alpha value is -3.42. The molecule has 1 amide bonds. The monoisotopic (exact) mass is 309 g/mol. The van der Waals surface area contributed by atoms with Crippen molar-refractivity contribution in [3.05, 3.63) is 59.0 Å². The molecule has 1 aromatic carbocycles. The normalized spacial score (nSPS) is 11.2. The number of hydrogen-bond acceptors (Lipinski definition) is 5. The molecule has 0 aliphatic rings. The van der Waals surface area contributed by atoms with Crippen LogP contribution in [-0.2, 0) is 7.05 Å². The Balaban J connectivity index is 1.74. The highest BCUT2D eigenvalue weighted by atomic mass is 16.4. The number of fused-ring (bicyclic) bond motifs is 2. The maximum atomic E-state index is 12.5. The molecule has 3 heterocycles. The standard InChI is InChI=1S/C15H11N5O3/c1-19-11-4-2-3-10(13(11)23-15(19)22)14(21)17-9-5-6-12-18-16-8-20(12)7-9/h2-8H,1H3,(H,17,21). The first-order chi connectivity index (χ1) is 11.1. The number of rotatable bonds is 2. The molecule has 1 N–H and O–H groups in total. The Morgan fingerprint density at radius 2 is 2.13 bits per heavy atom. The summed E-state index contributed by atoms with van der Waals surface area (Å²) in [6.45, 7) is 0. The summed E-state index contributed by atoms with van der Waals surface area (Å²) >= 11 is 0. The number of anilines is 1. The van der Waals surface area contributed by atoms with Gasteiger partial charge in [0.05, 0.1) is 16.8 Å². The summed E-state index contributed by atoms with van der Waals surface area (Å²) in [7, 11) is 1.59. The molecule has 23 heavy (non-hydrogen) atoms. The van der Waals surface area contributed by atoms with E-state index < -0.39 is 5.76 Å². The molecule has 114 valence electrons. The Morgan fingerprint density at radius 1 is 1.26 bits per heavy atom. The van der Waals surface area contributed by atoms with Crippen LogP contribution in [0.25, 0.3) is 16.7 Å². The summed E-state index contributed by atoms with van der Waals surface area (Å²) in [6.07, 6.45) is 3.25. The Morgan fingerprint density at radius 3 is 3.00 bits per heavy atom. The van der Waals surface area contributed by atoms with Crippen LogP contribution in [0.5, 0.6) is 0 Å². The second kappa shape index (κ2) is 4.80. The van der Waals surface area contributed by atoms with Crippen molar-refractivity contribution in [3.8, 4) is 0 Å². The zero-order chi connectivity index (χ0) is 16.0. The number of amides is 1. The molecule has 0 saturated carbocycles. The molecule has 0 radical (unpaired) electrons. The Bertz CT molecular complexity index is 1110. The highest BCUT2D eigenvalue weighted by Crippen LogP contribution is 2.19. The predicted molar refractivity (Wildman–Crippen MR) is 82.4 cm³/mol. The first-order valence-corrected chi connectivity index (χ1v) is 6.83. The first-order valence-electron chi connectivity index (χ1n) is 6.83. The van der Waals surface area contributed by atoms with E-state index in [9.17, 15) is 9.59 Å². The van der Waals surface area contributed by atoms with E-state index in [0.29, 0.717) is 22.4 Å². The lowest BCUT2D eigenvalue weighted by atomic mass is 10.2. The molecule has 8 heteroatoms. The number of para-hydroxylation sites is 1. The minimum absolute atomic E-state index is 0.267. The van der Waals surface area contributed by atoms with Crippen LogP contribution in [0.2, 0.25) is 0 Å². The van der Waals surface area contributed by atoms with Gasteiger partial charge in [-0.3, -0.25) is 13.8 Å². The van der Waals surface area contributed by atoms with Gasteiger partial charge in [-0.15, -0.1) is 10.2 Å². The number of benzene rings is 1. The zero-order valence-corrected chi connectivity index (χ0v) is 12.1. The van der Waals surface area contributed by atoms with Gasteiger partial charge in [-0.25, -0.2) is 4.79 Å². The molecule has 0 fully saturated rings. The van der Waals surface area contributed by atoms with Gasteiger partial charge in [0.25, 0.3) is 5.91 Å². The summed E-state index contributed by atoms with van der Waals surface area (Å²) in [5.41, 5.74) is 2.39. The van der Waals surface area contributed by atoms with Crippen molar-refractivity contribution in [2.75, 3.05) is 5.32 Å². The van der Waals surface area contributed by atoms with Crippen molar-refractivity contribution in [3.63, 3.8) is 0 Å². The van der Waals surface area contributed by atoms with Crippen molar-refractivity contribution < 1.29 is 9.21 Å². The molecular formula is C15H11N5O3. The van der Waals surface area contributed by atoms with Crippen LogP contribution in [0, 0.1) is 0 Å². The van der Waals surface area contributed by atoms with Gasteiger partial charge in [-0.1, -0.05) is 6.07 Å². The van der Waals surface area contributed by atoms with Gasteiger partial charge in [0.15, 0.2) is 11.2 Å². The van der Waals surface area contributed by atoms with Crippen LogP contribution in [-0.4, -0.2) is 25.1 Å². The lowest BCUT2D eigenvalue weighted by Crippen LogP contribution is -2.12. The quantitative estimate of drug-likeness (QED) is 0.604. The van der Waals surface area contributed by atoms with Gasteiger partial charge in [0.2, 0.25) is 0 Å². The van der Waals surface area contributed by atoms with E-state index in [1.807, 2.05) is 0 Å². The SMILES string of the molecule is Cn1c(=O)oc2c(C(=O)Nc3ccc4nncn4c3)cccc21. The van der Waals surface area contributed by atoms with Crippen LogP contribution in [0.3, 0.4) is 0 Å². The molecule has 4 aromatic rings. The molecule has 0 unspecified atom stereocenters. The molecule has 0 aliphatic carbocycles. The van der Waals surface area contributed by atoms with Gasteiger partial charge < -0.3 is 9.73 Å². The van der Waals surface area contributed by atoms with E-state index in [-0.39, 0.29) is 11.5 Å². The van der Waals surface area contributed by atoms with Gasteiger partial charge in [-0.05, 0) is 24.3 Å². The Labute approximate surface area is 129 Å². The summed E-state index contributed by atoms with van der Waals surface area (Å²) < 4.78 is 8.22. The lowest BCUT2D eigenvalue weighted by molar-refractivity contribution is 0.102. The number of carbonyl (C=O) groups excluding carboxylic acids is 1. The molecule has 0 atom stereocenters. The third-order valence-corrected chi connectivity index (χ3v) is 3.61. The predicted octanol–water partition coefficient (Wildman–Crippen LogP) is 1.43. The van der Waals surface area contributed by atoms with Crippen molar-refractivity contribution in [1.82, 2.24) is 19.2 Å². The molecule has 8 nitrogen and oxygen atoms in total. The fraction of sp³-hybridized carbons (Fsp3) is 0.0667. The Kier molecular flexibility index (Phi) is 2.77. The average Bonchev–Trinajstić information content (AvgIpc) is 3.12. The molecule has 3 aromatic heterocycles. The van der Waals surface area contributed by atoms with Gasteiger partial charge in [-0.2, -0.15) is 0 Å². The number of oxazole rings is 1. The van der Waals surface area contributed by atoms with E-state index in [4.69, 9.17) is 4.42 Å². The number of carbonyl (C=O) groups is 1. The largest absolute Gasteiger partial charge is 0.419 e. The van der Waals surface area contributed by atoms with Crippen LogP contribution in [0.15, 0.2) is 52.1 Å². The van der Waals surface area contributed by atoms with Gasteiger partial charge in [0, 0.05) is 13.2 Å². The minimum atomic E-state index is -0.508. The van der Waals surface area contributed by atoms with E-state index in [2.05, 4.69) is 15.5 Å². The fourth-order valence-corrected chi connectivity index (χ4v) is 2.43. The number of nitrogens with one attached hydrogen (secondary N) is 1. The van der Waals surface area contributed by atoms with Crippen molar-refractivity contribution in [2.24, 2.45) is 7.05 Å². The first kappa shape index (κ1) is 13.3. The van der Waals surface area contributed by atoms with Crippen molar-refractivity contribution in [1.29, 1.82) is 0 Å². The van der Waals surface area contributed by atoms with Crippen LogP contribution >= 0.6 is 0 Å². The highest BCUT2D eigenvalue weighted by molar-refractivity contribution is 6.10. The maximum Gasteiger partial charge on any atom is 0.419 e. The third kappa shape index (κ3) is 2.08. The molecular weight excluding hydrogens is 298 g/mol. The third-order valence-electron chi connectivity index (χ3n) is 3.61. The van der Waals surface area contributed by atoms with Crippen LogP contribution in [0.4, 0.5) is 5.69 Å². The molecule has 0 saturated heterocycles. The second-order valence-electron chi connectivity index (χ2n) is 5.05. The molecule has 0 bridgehead atoms. The number of hydrogen-bond donors (Lipinski definition) is 1. The number of aromatic nitrogens is 4. The van der Waals surface area contributed by atoms with Gasteiger partial charge >= 0.3 is 5.76 Å². The topological polar surface area (TPSA) is 94.4 Å². The fourth-order valence-electron chi connectivity index (χ4n) is 2.43. The summed E-state index contributed by atoms with van der Waals surface area (Å²) in [4.78, 5) is 24.1. The van der Waals surface area contributed by atoms with Crippen molar-refractivity contribution in [2.45, 2.75) is 0 Å². The van der Waals surface area contributed by atoms with Crippen LogP contribution < -0.4 is 11.1 Å². The van der Waals surface area contributed by atoms with Crippen LogP contribution in [0.1, 0.15) is 10.4 Å². The van der Waals surface area contributed by atoms with E-state index in [1.165, 1.54) is 4.57 Å². The molecule has 0 aliphatic heterocycles. The highest BCUT2D eigenvalue weighted by Gasteiger charge is 2.16. The second-order valence-corrected chi connectivity index (χ2v) is 5.05. The van der Waals surface area contributed by atoms with E-state index >= 15 is 0 Å². The number of nitrogens with zero attached hydrogens (tertiary/aromatic N) is 4. The summed E-state index contributed by atoms with van der Waals surface area (Å²) in [5.74, 6) is -0.872. The molecule has 0 spiro atoms. The summed E-state index contributed by atoms with van der Waals surface area (Å²) in [6, 6.07) is 8.50. The van der Waals surface area contributed by atoms with Gasteiger partial charge in [0.1, 0.15) is 6.33 Å². The lowest BCUT2D eigenvalue weighted by Gasteiger charge is -2.06. The number of aryl methyl sites for hydroxylation is 1. The molecule has 4 rings (SSSR count). The smallest absolute Gasteiger partial charge is 0.407 e. The minimum Gasteiger partial charge on any atom is -0.407 e. The zero-order valence-electron chi connectivity index (χ0n) is 12.1. The van der Waals surface area contributed by atoms with Crippen molar-refractivity contribution >= 4 is 28.3 Å².